The first-order valence-corrected chi connectivity index (χ1v) is 20.6. The maximum Gasteiger partial charge on any atom is 0.235 e. The van der Waals surface area contributed by atoms with E-state index in [1.54, 1.807) is 11.3 Å². The maximum atomic E-state index is 5.67. The molecule has 4 nitrogen and oxygen atoms in total. The molecule has 0 amide bonds. The minimum absolute atomic E-state index is 0.687. The van der Waals surface area contributed by atoms with Crippen molar-refractivity contribution in [1.29, 1.82) is 0 Å². The fourth-order valence-corrected chi connectivity index (χ4v) is 12.1. The predicted octanol–water partition coefficient (Wildman–Crippen LogP) is 14.2. The summed E-state index contributed by atoms with van der Waals surface area (Å²) in [5.41, 5.74) is 11.4. The molecular weight excluding hydrogens is 721 g/mol. The van der Waals surface area contributed by atoms with E-state index in [0.29, 0.717) is 5.95 Å². The van der Waals surface area contributed by atoms with Crippen LogP contribution in [0.3, 0.4) is 0 Å². The van der Waals surface area contributed by atoms with E-state index in [1.807, 2.05) is 11.3 Å². The minimum atomic E-state index is 0.687. The van der Waals surface area contributed by atoms with Gasteiger partial charge in [0.25, 0.3) is 0 Å². The molecule has 0 aliphatic carbocycles. The molecule has 0 atom stereocenters. The van der Waals surface area contributed by atoms with E-state index < -0.39 is 0 Å². The van der Waals surface area contributed by atoms with Crippen LogP contribution < -0.4 is 0 Å². The summed E-state index contributed by atoms with van der Waals surface area (Å²) in [6.45, 7) is 0. The fourth-order valence-electron chi connectivity index (χ4n) is 9.82. The van der Waals surface area contributed by atoms with E-state index in [1.165, 1.54) is 84.9 Å². The molecule has 0 radical (unpaired) electrons. The van der Waals surface area contributed by atoms with Gasteiger partial charge in [-0.05, 0) is 64.4 Å². The lowest BCUT2D eigenvalue weighted by molar-refractivity contribution is 1.02. The molecule has 0 aliphatic rings. The summed E-state index contributed by atoms with van der Waals surface area (Å²) in [5, 5.41) is 11.3. The van der Waals surface area contributed by atoms with Crippen LogP contribution in [0.25, 0.3) is 129 Å². The molecule has 0 N–H and O–H groups in total. The largest absolute Gasteiger partial charge is 0.308 e. The normalized spacial score (nSPS) is 12.6. The second kappa shape index (κ2) is 10.5. The van der Waals surface area contributed by atoms with Gasteiger partial charge in [-0.1, -0.05) is 115 Å². The van der Waals surface area contributed by atoms with Gasteiger partial charge in [-0.25, -0.2) is 9.97 Å². The monoisotopic (exact) mass is 746 g/mol. The van der Waals surface area contributed by atoms with E-state index in [2.05, 4.69) is 167 Å². The molecular formula is C50H26N4S2. The average Bonchev–Trinajstić information content (AvgIpc) is 3.98. The molecule has 6 heterocycles. The molecule has 0 bridgehead atoms. The van der Waals surface area contributed by atoms with Gasteiger partial charge in [-0.15, -0.1) is 22.7 Å². The summed E-state index contributed by atoms with van der Waals surface area (Å²) in [7, 11) is 0. The van der Waals surface area contributed by atoms with E-state index in [9.17, 15) is 0 Å². The SMILES string of the molecule is c1ccc(-c2ccc(-c3nc(-n4c5ccc6sc7ccc8c9ccccc9n9c%10cccc4c%10c5c6c7c89)nc4c3sc3ccccc34)c3ccccc23)cc1. The average molecular weight is 747 g/mol. The number of aromatic nitrogens is 4. The molecule has 0 aliphatic heterocycles. The standard InChI is InChI=1S/C50H26N4S2/c1-2-11-27(12-3-1)28-21-22-32(30-14-5-4-13-29(28)30)46-49-47(34-16-7-9-20-39(34)56-49)52-50(51-46)54-37-19-10-18-36-42(37)43-38(54)24-26-40-44(43)45-41(55-40)25-23-33-31-15-6-8-17-35(31)53(36)48(33)45/h1-26H. The molecule has 56 heavy (non-hydrogen) atoms. The lowest BCUT2D eigenvalue weighted by atomic mass is 9.93. The number of benzene rings is 8. The first-order valence-electron chi connectivity index (χ1n) is 18.9. The van der Waals surface area contributed by atoms with Crippen molar-refractivity contribution >= 4 is 123 Å². The van der Waals surface area contributed by atoms with Gasteiger partial charge in [-0.2, -0.15) is 0 Å². The third kappa shape index (κ3) is 3.59. The molecule has 14 aromatic rings. The van der Waals surface area contributed by atoms with Gasteiger partial charge in [0.05, 0.1) is 43.5 Å². The second-order valence-electron chi connectivity index (χ2n) is 14.8. The van der Waals surface area contributed by atoms with Crippen LogP contribution in [0.15, 0.2) is 158 Å². The molecule has 0 saturated carbocycles. The Morgan fingerprint density at radius 3 is 1.96 bits per heavy atom. The number of hydrogen-bond donors (Lipinski definition) is 0. The Morgan fingerprint density at radius 1 is 0.393 bits per heavy atom. The molecule has 0 spiro atoms. The molecule has 0 unspecified atom stereocenters. The van der Waals surface area contributed by atoms with Crippen molar-refractivity contribution in [2.75, 3.05) is 0 Å². The Labute approximate surface area is 326 Å². The number of hydrogen-bond acceptors (Lipinski definition) is 4. The zero-order valence-electron chi connectivity index (χ0n) is 29.6. The van der Waals surface area contributed by atoms with Crippen LogP contribution in [-0.4, -0.2) is 18.9 Å². The highest BCUT2D eigenvalue weighted by Gasteiger charge is 2.27. The number of nitrogens with zero attached hydrogens (tertiary/aromatic N) is 4. The van der Waals surface area contributed by atoms with Crippen LogP contribution >= 0.6 is 22.7 Å². The quantitative estimate of drug-likeness (QED) is 0.180. The van der Waals surface area contributed by atoms with Gasteiger partial charge in [0, 0.05) is 57.4 Å². The minimum Gasteiger partial charge on any atom is -0.308 e. The third-order valence-corrected chi connectivity index (χ3v) is 14.4. The van der Waals surface area contributed by atoms with E-state index in [0.717, 1.165) is 37.9 Å². The molecule has 0 saturated heterocycles. The van der Waals surface area contributed by atoms with Crippen molar-refractivity contribution in [2.45, 2.75) is 0 Å². The van der Waals surface area contributed by atoms with E-state index in [-0.39, 0.29) is 0 Å². The lowest BCUT2D eigenvalue weighted by Gasteiger charge is -2.14. The van der Waals surface area contributed by atoms with Crippen molar-refractivity contribution in [1.82, 2.24) is 18.9 Å². The number of thiophene rings is 2. The van der Waals surface area contributed by atoms with Crippen LogP contribution in [0.2, 0.25) is 0 Å². The molecule has 258 valence electrons. The van der Waals surface area contributed by atoms with Gasteiger partial charge in [0.1, 0.15) is 0 Å². The van der Waals surface area contributed by atoms with Gasteiger partial charge in [-0.3, -0.25) is 4.57 Å². The van der Waals surface area contributed by atoms with Crippen LogP contribution in [0.1, 0.15) is 0 Å². The third-order valence-electron chi connectivity index (χ3n) is 12.1. The Morgan fingerprint density at radius 2 is 1.07 bits per heavy atom. The highest BCUT2D eigenvalue weighted by molar-refractivity contribution is 7.26. The zero-order chi connectivity index (χ0) is 36.2. The van der Waals surface area contributed by atoms with Crippen molar-refractivity contribution in [3.8, 4) is 28.3 Å². The van der Waals surface area contributed by atoms with Crippen LogP contribution in [-0.2, 0) is 0 Å². The Balaban J connectivity index is 1.16. The predicted molar refractivity (Wildman–Crippen MR) is 239 cm³/mol. The summed E-state index contributed by atoms with van der Waals surface area (Å²) < 4.78 is 9.79. The molecule has 14 rings (SSSR count). The van der Waals surface area contributed by atoms with Gasteiger partial charge < -0.3 is 4.40 Å². The molecule has 0 fully saturated rings. The highest BCUT2D eigenvalue weighted by Crippen LogP contribution is 2.50. The number of fused-ring (bicyclic) bond motifs is 8. The smallest absolute Gasteiger partial charge is 0.235 e. The molecule has 6 aromatic heterocycles. The Hall–Kier alpha value is -6.86. The first-order chi connectivity index (χ1) is 27.8. The van der Waals surface area contributed by atoms with Crippen LogP contribution in [0.5, 0.6) is 0 Å². The zero-order valence-corrected chi connectivity index (χ0v) is 31.2. The van der Waals surface area contributed by atoms with Crippen LogP contribution in [0, 0.1) is 0 Å². The molecule has 6 heteroatoms. The fraction of sp³-hybridized carbons (Fsp3) is 0. The topological polar surface area (TPSA) is 35.1 Å². The van der Waals surface area contributed by atoms with E-state index in [4.69, 9.17) is 9.97 Å². The summed E-state index contributed by atoms with van der Waals surface area (Å²) >= 11 is 3.67. The summed E-state index contributed by atoms with van der Waals surface area (Å²) in [5.74, 6) is 0.687. The van der Waals surface area contributed by atoms with Gasteiger partial charge in [0.15, 0.2) is 0 Å². The Bertz CT molecular complexity index is 3940. The van der Waals surface area contributed by atoms with Crippen molar-refractivity contribution in [3.05, 3.63) is 158 Å². The van der Waals surface area contributed by atoms with Crippen molar-refractivity contribution < 1.29 is 0 Å². The summed E-state index contributed by atoms with van der Waals surface area (Å²) in [6.07, 6.45) is 0. The molecule has 8 aromatic carbocycles. The van der Waals surface area contributed by atoms with Gasteiger partial charge >= 0.3 is 0 Å². The van der Waals surface area contributed by atoms with Crippen molar-refractivity contribution in [2.24, 2.45) is 0 Å². The van der Waals surface area contributed by atoms with E-state index >= 15 is 0 Å². The van der Waals surface area contributed by atoms with Gasteiger partial charge in [0.2, 0.25) is 5.95 Å². The van der Waals surface area contributed by atoms with Crippen LogP contribution in [0.4, 0.5) is 0 Å². The number of para-hydroxylation sites is 1. The first kappa shape index (κ1) is 29.5. The second-order valence-corrected chi connectivity index (χ2v) is 17.0. The Kier molecular flexibility index (Phi) is 5.51. The number of rotatable bonds is 3. The lowest BCUT2D eigenvalue weighted by Crippen LogP contribution is -2.03. The summed E-state index contributed by atoms with van der Waals surface area (Å²) in [4.78, 5) is 11.2. The summed E-state index contributed by atoms with van der Waals surface area (Å²) in [6, 6.07) is 57.5. The maximum absolute atomic E-state index is 5.67. The highest BCUT2D eigenvalue weighted by atomic mass is 32.1. The van der Waals surface area contributed by atoms with Crippen molar-refractivity contribution in [3.63, 3.8) is 0 Å².